The second-order valence-corrected chi connectivity index (χ2v) is 3.82. The number of hydrogen-bond donors (Lipinski definition) is 1. The first kappa shape index (κ1) is 8.54. The summed E-state index contributed by atoms with van der Waals surface area (Å²) in [5, 5.41) is 0. The zero-order valence-corrected chi connectivity index (χ0v) is 8.02. The highest BCUT2D eigenvalue weighted by atomic mass is 16.1. The lowest BCUT2D eigenvalue weighted by Gasteiger charge is -2.07. The first-order valence-electron chi connectivity index (χ1n) is 4.99. The molecule has 0 unspecified atom stereocenters. The molecule has 13 heavy (non-hydrogen) atoms. The molecule has 0 atom stereocenters. The van der Waals surface area contributed by atoms with Crippen molar-refractivity contribution in [2.45, 2.75) is 39.0 Å². The highest BCUT2D eigenvalue weighted by Gasteiger charge is 2.10. The summed E-state index contributed by atoms with van der Waals surface area (Å²) in [6.07, 6.45) is 6.01. The van der Waals surface area contributed by atoms with Gasteiger partial charge in [-0.1, -0.05) is 6.42 Å². The molecule has 1 aliphatic carbocycles. The van der Waals surface area contributed by atoms with E-state index < -0.39 is 0 Å². The Labute approximate surface area is 78.0 Å². The summed E-state index contributed by atoms with van der Waals surface area (Å²) in [4.78, 5) is 14.1. The lowest BCUT2D eigenvalue weighted by atomic mass is 10.0. The maximum Gasteiger partial charge on any atom is 0.248 e. The Morgan fingerprint density at radius 3 is 2.85 bits per heavy atom. The van der Waals surface area contributed by atoms with E-state index in [1.807, 2.05) is 6.92 Å². The minimum Gasteiger partial charge on any atom is -0.326 e. The van der Waals surface area contributed by atoms with Crippen molar-refractivity contribution in [3.63, 3.8) is 0 Å². The number of rotatable bonds is 0. The van der Waals surface area contributed by atoms with Gasteiger partial charge in [-0.05, 0) is 43.7 Å². The van der Waals surface area contributed by atoms with Crippen LogP contribution >= 0.6 is 0 Å². The van der Waals surface area contributed by atoms with E-state index >= 15 is 0 Å². The zero-order valence-electron chi connectivity index (χ0n) is 8.02. The lowest BCUT2D eigenvalue weighted by Crippen LogP contribution is -2.11. The molecular formula is C11H15NO. The third-order valence-electron chi connectivity index (χ3n) is 2.83. The summed E-state index contributed by atoms with van der Waals surface area (Å²) in [7, 11) is 0. The number of aromatic nitrogens is 1. The number of H-pyrrole nitrogens is 1. The molecule has 70 valence electrons. The van der Waals surface area contributed by atoms with Gasteiger partial charge in [0.05, 0.1) is 0 Å². The Hall–Kier alpha value is -1.05. The molecule has 1 heterocycles. The number of aromatic amines is 1. The molecule has 0 amide bonds. The molecule has 0 saturated heterocycles. The fourth-order valence-electron chi connectivity index (χ4n) is 2.15. The van der Waals surface area contributed by atoms with Crippen molar-refractivity contribution in [1.29, 1.82) is 0 Å². The van der Waals surface area contributed by atoms with E-state index in [1.54, 1.807) is 6.07 Å². The summed E-state index contributed by atoms with van der Waals surface area (Å²) >= 11 is 0. The Balaban J connectivity index is 2.53. The summed E-state index contributed by atoms with van der Waals surface area (Å²) < 4.78 is 0. The van der Waals surface area contributed by atoms with E-state index in [9.17, 15) is 4.79 Å². The van der Waals surface area contributed by atoms with Crippen LogP contribution in [0.15, 0.2) is 10.9 Å². The van der Waals surface area contributed by atoms with Gasteiger partial charge in [-0.2, -0.15) is 0 Å². The molecule has 0 saturated carbocycles. The van der Waals surface area contributed by atoms with Gasteiger partial charge in [-0.15, -0.1) is 0 Å². The van der Waals surface area contributed by atoms with Crippen LogP contribution in [0, 0.1) is 6.92 Å². The minimum atomic E-state index is 0.0538. The lowest BCUT2D eigenvalue weighted by molar-refractivity contribution is 0.711. The van der Waals surface area contributed by atoms with Gasteiger partial charge in [0.2, 0.25) is 5.56 Å². The second-order valence-electron chi connectivity index (χ2n) is 3.82. The van der Waals surface area contributed by atoms with Crippen LogP contribution in [-0.2, 0) is 12.8 Å². The molecule has 0 aromatic carbocycles. The molecule has 1 N–H and O–H groups in total. The number of nitrogens with one attached hydrogen (secondary N) is 1. The summed E-state index contributed by atoms with van der Waals surface area (Å²) in [5.41, 5.74) is 3.79. The van der Waals surface area contributed by atoms with E-state index in [0.29, 0.717) is 0 Å². The van der Waals surface area contributed by atoms with Crippen molar-refractivity contribution in [2.75, 3.05) is 0 Å². The van der Waals surface area contributed by atoms with Gasteiger partial charge in [-0.25, -0.2) is 0 Å². The summed E-state index contributed by atoms with van der Waals surface area (Å²) in [6, 6.07) is 1.77. The van der Waals surface area contributed by atoms with Crippen molar-refractivity contribution < 1.29 is 0 Å². The Kier molecular flexibility index (Phi) is 2.21. The summed E-state index contributed by atoms with van der Waals surface area (Å²) in [6.45, 7) is 2.01. The van der Waals surface area contributed by atoms with Gasteiger partial charge in [-0.3, -0.25) is 4.79 Å². The van der Waals surface area contributed by atoms with Crippen molar-refractivity contribution in [3.05, 3.63) is 33.2 Å². The quantitative estimate of drug-likeness (QED) is 0.604. The molecule has 0 spiro atoms. The van der Waals surface area contributed by atoms with Crippen LogP contribution in [0.5, 0.6) is 0 Å². The third-order valence-corrected chi connectivity index (χ3v) is 2.83. The molecule has 1 aromatic rings. The van der Waals surface area contributed by atoms with Gasteiger partial charge < -0.3 is 4.98 Å². The predicted octanol–water partition coefficient (Wildman–Crippen LogP) is 1.95. The van der Waals surface area contributed by atoms with Crippen molar-refractivity contribution in [1.82, 2.24) is 4.98 Å². The van der Waals surface area contributed by atoms with Crippen molar-refractivity contribution in [2.24, 2.45) is 0 Å². The second kappa shape index (κ2) is 3.36. The maximum atomic E-state index is 11.2. The Bertz CT molecular complexity index is 365. The topological polar surface area (TPSA) is 32.9 Å². The highest BCUT2D eigenvalue weighted by molar-refractivity contribution is 5.30. The van der Waals surface area contributed by atoms with Gasteiger partial charge in [0, 0.05) is 11.8 Å². The van der Waals surface area contributed by atoms with Crippen LogP contribution in [0.25, 0.3) is 0 Å². The number of fused-ring (bicyclic) bond motifs is 1. The molecule has 0 fully saturated rings. The van der Waals surface area contributed by atoms with Crippen LogP contribution in [-0.4, -0.2) is 4.98 Å². The minimum absolute atomic E-state index is 0.0538. The van der Waals surface area contributed by atoms with Crippen LogP contribution < -0.4 is 5.56 Å². The predicted molar refractivity (Wildman–Crippen MR) is 53.1 cm³/mol. The van der Waals surface area contributed by atoms with Crippen molar-refractivity contribution in [3.8, 4) is 0 Å². The molecule has 2 rings (SSSR count). The fraction of sp³-hybridized carbons (Fsp3) is 0.545. The van der Waals surface area contributed by atoms with E-state index in [0.717, 1.165) is 18.5 Å². The smallest absolute Gasteiger partial charge is 0.248 e. The molecule has 2 heteroatoms. The molecule has 0 radical (unpaired) electrons. The van der Waals surface area contributed by atoms with E-state index in [-0.39, 0.29) is 5.56 Å². The van der Waals surface area contributed by atoms with Crippen LogP contribution in [0.4, 0.5) is 0 Å². The molecular weight excluding hydrogens is 162 g/mol. The average molecular weight is 177 g/mol. The van der Waals surface area contributed by atoms with Crippen LogP contribution in [0.2, 0.25) is 0 Å². The van der Waals surface area contributed by atoms with Crippen LogP contribution in [0.3, 0.4) is 0 Å². The molecule has 2 nitrogen and oxygen atoms in total. The monoisotopic (exact) mass is 177 g/mol. The Morgan fingerprint density at radius 2 is 2.00 bits per heavy atom. The molecule has 0 aliphatic heterocycles. The highest BCUT2D eigenvalue weighted by Crippen LogP contribution is 2.20. The first-order chi connectivity index (χ1) is 6.27. The Morgan fingerprint density at radius 1 is 1.23 bits per heavy atom. The van der Waals surface area contributed by atoms with Gasteiger partial charge in [0.25, 0.3) is 0 Å². The van der Waals surface area contributed by atoms with Gasteiger partial charge in [0.1, 0.15) is 0 Å². The maximum absolute atomic E-state index is 11.2. The van der Waals surface area contributed by atoms with E-state index in [2.05, 4.69) is 4.98 Å². The van der Waals surface area contributed by atoms with Crippen LogP contribution in [0.1, 0.15) is 36.1 Å². The standard InChI is InChI=1S/C11H15NO/c1-8-10-6-4-2-3-5-9(10)7-11(13)12-8/h7H,2-6H2,1H3,(H,12,13). The molecule has 1 aliphatic rings. The van der Waals surface area contributed by atoms with Gasteiger partial charge >= 0.3 is 0 Å². The first-order valence-corrected chi connectivity index (χ1v) is 4.99. The third kappa shape index (κ3) is 1.67. The van der Waals surface area contributed by atoms with E-state index in [4.69, 9.17) is 0 Å². The SMILES string of the molecule is Cc1[nH]c(=O)cc2c1CCCCC2. The zero-order chi connectivity index (χ0) is 9.26. The number of pyridine rings is 1. The molecule has 1 aromatic heterocycles. The average Bonchev–Trinajstić information content (AvgIpc) is 2.28. The van der Waals surface area contributed by atoms with E-state index in [1.165, 1.54) is 30.4 Å². The molecule has 0 bridgehead atoms. The van der Waals surface area contributed by atoms with Gasteiger partial charge in [0.15, 0.2) is 0 Å². The number of aryl methyl sites for hydroxylation is 2. The van der Waals surface area contributed by atoms with Crippen molar-refractivity contribution >= 4 is 0 Å². The number of hydrogen-bond acceptors (Lipinski definition) is 1. The fourth-order valence-corrected chi connectivity index (χ4v) is 2.15. The summed E-state index contributed by atoms with van der Waals surface area (Å²) in [5.74, 6) is 0. The largest absolute Gasteiger partial charge is 0.326 e. The normalized spacial score (nSPS) is 16.4.